The molecule has 1 atom stereocenters. The minimum Gasteiger partial charge on any atom is -0.494 e. The van der Waals surface area contributed by atoms with E-state index >= 15 is 0 Å². The number of rotatable bonds is 8. The van der Waals surface area contributed by atoms with Crippen LogP contribution in [0.4, 0.5) is 4.39 Å². The lowest BCUT2D eigenvalue weighted by molar-refractivity contribution is -0.00261. The third-order valence-corrected chi connectivity index (χ3v) is 4.49. The number of ether oxygens (including phenoxy) is 1. The van der Waals surface area contributed by atoms with Crippen LogP contribution in [-0.2, 0) is 19.9 Å². The normalized spacial score (nSPS) is 13.5. The van der Waals surface area contributed by atoms with Crippen LogP contribution >= 0.6 is 11.6 Å². The lowest BCUT2D eigenvalue weighted by Gasteiger charge is -2.26. The van der Waals surface area contributed by atoms with E-state index in [9.17, 15) is 17.9 Å². The lowest BCUT2D eigenvalue weighted by Crippen LogP contribution is -2.36. The van der Waals surface area contributed by atoms with Gasteiger partial charge in [-0.05, 0) is 35.9 Å². The summed E-state index contributed by atoms with van der Waals surface area (Å²) in [6.07, 6.45) is 0.814. The molecule has 150 valence electrons. The van der Waals surface area contributed by atoms with Crippen molar-refractivity contribution in [3.63, 3.8) is 0 Å². The third-order valence-electron chi connectivity index (χ3n) is 3.66. The van der Waals surface area contributed by atoms with E-state index in [0.717, 1.165) is 12.3 Å². The first-order chi connectivity index (χ1) is 13.1. The molecule has 0 bridgehead atoms. The molecule has 1 N–H and O–H groups in total. The van der Waals surface area contributed by atoms with Gasteiger partial charge in [0.05, 0.1) is 30.6 Å². The highest BCUT2D eigenvalue weighted by Gasteiger charge is 2.33. The van der Waals surface area contributed by atoms with Crippen LogP contribution in [0.5, 0.6) is 5.75 Å². The Labute approximate surface area is 165 Å². The molecule has 1 aromatic heterocycles. The Bertz CT molecular complexity index is 1030. The Kier molecular flexibility index (Phi) is 6.81. The number of pyridine rings is 1. The summed E-state index contributed by atoms with van der Waals surface area (Å²) in [5, 5.41) is 14.0. The number of benzene rings is 1. The van der Waals surface area contributed by atoms with Gasteiger partial charge in [-0.3, -0.25) is 4.18 Å². The number of hydrogen-bond acceptors (Lipinski definition) is 7. The van der Waals surface area contributed by atoms with Crippen molar-refractivity contribution in [1.82, 2.24) is 4.98 Å². The molecule has 0 aliphatic heterocycles. The Morgan fingerprint density at radius 1 is 1.39 bits per heavy atom. The van der Waals surface area contributed by atoms with E-state index in [0.29, 0.717) is 11.3 Å². The van der Waals surface area contributed by atoms with Crippen molar-refractivity contribution in [3.8, 4) is 17.0 Å². The molecule has 0 saturated heterocycles. The number of aliphatic hydroxyl groups is 1. The fourth-order valence-corrected chi connectivity index (χ4v) is 2.86. The molecular weight excluding hydrogens is 415 g/mol. The van der Waals surface area contributed by atoms with E-state index < -0.39 is 34.7 Å². The fraction of sp³-hybridized carbons (Fsp3) is 0.312. The van der Waals surface area contributed by atoms with Crippen LogP contribution in [0.25, 0.3) is 21.7 Å². The van der Waals surface area contributed by atoms with Crippen LogP contribution in [0.15, 0.2) is 35.4 Å². The average Bonchev–Trinajstić information content (AvgIpc) is 2.66. The Balaban J connectivity index is 2.58. The van der Waals surface area contributed by atoms with Crippen molar-refractivity contribution in [2.24, 2.45) is 5.11 Å². The Morgan fingerprint density at radius 2 is 2.11 bits per heavy atom. The van der Waals surface area contributed by atoms with Gasteiger partial charge in [0.1, 0.15) is 29.5 Å². The highest BCUT2D eigenvalue weighted by molar-refractivity contribution is 7.85. The summed E-state index contributed by atoms with van der Waals surface area (Å²) < 4.78 is 46.0. The smallest absolute Gasteiger partial charge is 0.264 e. The van der Waals surface area contributed by atoms with Gasteiger partial charge in [0, 0.05) is 10.5 Å². The van der Waals surface area contributed by atoms with E-state index in [4.69, 9.17) is 21.9 Å². The van der Waals surface area contributed by atoms with E-state index in [-0.39, 0.29) is 16.4 Å². The molecule has 0 fully saturated rings. The molecule has 1 aromatic carbocycles. The molecule has 1 unspecified atom stereocenters. The zero-order valence-corrected chi connectivity index (χ0v) is 16.4. The quantitative estimate of drug-likeness (QED) is 0.296. The second-order valence-corrected chi connectivity index (χ2v) is 7.81. The number of hydrogen-bond donors (Lipinski definition) is 1. The number of azide groups is 1. The summed E-state index contributed by atoms with van der Waals surface area (Å²) in [4.78, 5) is 6.87. The van der Waals surface area contributed by atoms with Gasteiger partial charge in [0.15, 0.2) is 0 Å². The third kappa shape index (κ3) is 5.31. The van der Waals surface area contributed by atoms with Gasteiger partial charge in [0.25, 0.3) is 10.1 Å². The zero-order valence-electron chi connectivity index (χ0n) is 14.8. The second-order valence-electron chi connectivity index (χ2n) is 5.76. The molecular formula is C16H16ClFN4O5S. The van der Waals surface area contributed by atoms with Crippen LogP contribution in [0.2, 0.25) is 5.02 Å². The number of aromatic nitrogens is 1. The molecule has 9 nitrogen and oxygen atoms in total. The zero-order chi connectivity index (χ0) is 20.9. The molecule has 0 saturated carbocycles. The summed E-state index contributed by atoms with van der Waals surface area (Å²) in [7, 11) is -2.49. The molecule has 28 heavy (non-hydrogen) atoms. The van der Waals surface area contributed by atoms with Crippen molar-refractivity contribution in [2.75, 3.05) is 26.5 Å². The summed E-state index contributed by atoms with van der Waals surface area (Å²) in [5.41, 5.74) is 7.09. The van der Waals surface area contributed by atoms with Gasteiger partial charge in [-0.15, -0.1) is 0 Å². The maximum absolute atomic E-state index is 13.5. The topological polar surface area (TPSA) is 134 Å². The fourth-order valence-electron chi connectivity index (χ4n) is 2.27. The Hall–Kier alpha value is -2.43. The van der Waals surface area contributed by atoms with E-state index in [2.05, 4.69) is 19.2 Å². The molecule has 12 heteroatoms. The van der Waals surface area contributed by atoms with Crippen LogP contribution in [0, 0.1) is 5.82 Å². The van der Waals surface area contributed by atoms with Crippen molar-refractivity contribution in [1.29, 1.82) is 0 Å². The molecule has 0 radical (unpaired) electrons. The minimum atomic E-state index is -3.88. The van der Waals surface area contributed by atoms with Gasteiger partial charge in [0.2, 0.25) is 0 Å². The Morgan fingerprint density at radius 3 is 2.68 bits per heavy atom. The lowest BCUT2D eigenvalue weighted by atomic mass is 9.99. The SMILES string of the molecule is COc1ccc(C(O)(CN=[N+]=[N-])COS(C)(=O)=O)nc1-c1ccc(F)c(Cl)c1. The van der Waals surface area contributed by atoms with Crippen molar-refractivity contribution in [2.45, 2.75) is 5.60 Å². The largest absolute Gasteiger partial charge is 0.494 e. The van der Waals surface area contributed by atoms with Crippen molar-refractivity contribution < 1.29 is 26.8 Å². The van der Waals surface area contributed by atoms with Gasteiger partial charge in [-0.2, -0.15) is 8.42 Å². The first-order valence-electron chi connectivity index (χ1n) is 7.68. The average molecular weight is 431 g/mol. The van der Waals surface area contributed by atoms with Crippen molar-refractivity contribution in [3.05, 3.63) is 57.3 Å². The minimum absolute atomic E-state index is 0.0419. The number of nitrogens with zero attached hydrogens (tertiary/aromatic N) is 4. The molecule has 2 rings (SSSR count). The number of methoxy groups -OCH3 is 1. The maximum atomic E-state index is 13.5. The second kappa shape index (κ2) is 8.72. The molecule has 2 aromatic rings. The summed E-state index contributed by atoms with van der Waals surface area (Å²) in [5.74, 6) is -0.330. The van der Waals surface area contributed by atoms with E-state index in [1.807, 2.05) is 0 Å². The predicted octanol–water partition coefficient (Wildman–Crippen LogP) is 3.02. The summed E-state index contributed by atoms with van der Waals surface area (Å²) in [6.45, 7) is -1.27. The monoisotopic (exact) mass is 430 g/mol. The standard InChI is InChI=1S/C16H16ClFN4O5S/c1-26-13-5-6-14(16(23,8-20-22-19)9-27-28(2,24)25)21-15(13)10-3-4-12(18)11(17)7-10/h3-7,23H,8-9H2,1-2H3. The molecule has 0 amide bonds. The van der Waals surface area contributed by atoms with Gasteiger partial charge in [-0.1, -0.05) is 16.7 Å². The van der Waals surface area contributed by atoms with Gasteiger partial charge in [-0.25, -0.2) is 9.37 Å². The van der Waals surface area contributed by atoms with E-state index in [1.165, 1.54) is 31.4 Å². The highest BCUT2D eigenvalue weighted by Crippen LogP contribution is 2.33. The highest BCUT2D eigenvalue weighted by atomic mass is 35.5. The molecule has 1 heterocycles. The molecule has 0 spiro atoms. The van der Waals surface area contributed by atoms with E-state index in [1.54, 1.807) is 0 Å². The number of halogens is 2. The van der Waals surface area contributed by atoms with Gasteiger partial charge < -0.3 is 9.84 Å². The first-order valence-corrected chi connectivity index (χ1v) is 9.87. The van der Waals surface area contributed by atoms with Crippen molar-refractivity contribution >= 4 is 21.7 Å². The van der Waals surface area contributed by atoms with Crippen LogP contribution in [-0.4, -0.2) is 45.0 Å². The first kappa shape index (κ1) is 21.9. The predicted molar refractivity (Wildman–Crippen MR) is 99.9 cm³/mol. The maximum Gasteiger partial charge on any atom is 0.264 e. The van der Waals surface area contributed by atoms with Crippen LogP contribution in [0.1, 0.15) is 5.69 Å². The van der Waals surface area contributed by atoms with Gasteiger partial charge >= 0.3 is 0 Å². The molecule has 0 aliphatic carbocycles. The van der Waals surface area contributed by atoms with Crippen LogP contribution < -0.4 is 4.74 Å². The summed E-state index contributed by atoms with van der Waals surface area (Å²) in [6, 6.07) is 6.72. The summed E-state index contributed by atoms with van der Waals surface area (Å²) >= 11 is 5.82. The van der Waals surface area contributed by atoms with Crippen LogP contribution in [0.3, 0.4) is 0 Å². The molecule has 0 aliphatic rings.